The fourth-order valence-corrected chi connectivity index (χ4v) is 1.05. The van der Waals surface area contributed by atoms with Crippen LogP contribution in [0.1, 0.15) is 39.0 Å². The maximum atomic E-state index is 9.82. The molecular weight excluding hydrogens is 188 g/mol. The molecule has 0 aromatic heterocycles. The van der Waals surface area contributed by atoms with Gasteiger partial charge in [0.2, 0.25) is 5.91 Å². The minimum absolute atomic E-state index is 0. The van der Waals surface area contributed by atoms with E-state index in [4.69, 9.17) is 5.73 Å². The fraction of sp³-hybridized carbons (Fsp3) is 0.889. The molecule has 0 unspecified atom stereocenters. The van der Waals surface area contributed by atoms with E-state index in [1.807, 2.05) is 6.92 Å². The molecule has 3 N–H and O–H groups in total. The van der Waals surface area contributed by atoms with E-state index in [9.17, 15) is 4.79 Å². The van der Waals surface area contributed by atoms with Crippen LogP contribution in [0.4, 0.5) is 0 Å². The first-order chi connectivity index (χ1) is 5.77. The topological polar surface area (TPSA) is 55.1 Å². The van der Waals surface area contributed by atoms with Crippen molar-refractivity contribution in [2.45, 2.75) is 39.0 Å². The summed E-state index contributed by atoms with van der Waals surface area (Å²) in [5.41, 5.74) is 4.76. The molecule has 4 heteroatoms. The number of rotatable bonds is 2. The summed E-state index contributed by atoms with van der Waals surface area (Å²) in [4.78, 5) is 9.82. The Balaban J connectivity index is 0. The van der Waals surface area contributed by atoms with Crippen molar-refractivity contribution in [1.82, 2.24) is 5.32 Å². The van der Waals surface area contributed by atoms with Crippen LogP contribution >= 0.6 is 12.4 Å². The van der Waals surface area contributed by atoms with Gasteiger partial charge in [0.15, 0.2) is 0 Å². The number of carbonyl (C=O) groups is 1. The molecule has 0 aromatic carbocycles. The fourth-order valence-electron chi connectivity index (χ4n) is 1.05. The van der Waals surface area contributed by atoms with Crippen LogP contribution in [0.25, 0.3) is 0 Å². The van der Waals surface area contributed by atoms with Crippen molar-refractivity contribution >= 4 is 18.3 Å². The van der Waals surface area contributed by atoms with Crippen molar-refractivity contribution in [2.24, 2.45) is 5.73 Å². The molecule has 0 bridgehead atoms. The van der Waals surface area contributed by atoms with Gasteiger partial charge in [0.05, 0.1) is 0 Å². The van der Waals surface area contributed by atoms with Crippen LogP contribution in [0.3, 0.4) is 0 Å². The van der Waals surface area contributed by atoms with E-state index in [1.54, 1.807) is 0 Å². The third-order valence-corrected chi connectivity index (χ3v) is 1.70. The lowest BCUT2D eigenvalue weighted by molar-refractivity contribution is -0.118. The molecule has 13 heavy (non-hydrogen) atoms. The maximum Gasteiger partial charge on any atom is 0.217 e. The average Bonchev–Trinajstić information content (AvgIpc) is 2.08. The lowest BCUT2D eigenvalue weighted by Gasteiger charge is -2.08. The molecule has 1 heterocycles. The van der Waals surface area contributed by atoms with Gasteiger partial charge in [-0.1, -0.05) is 13.3 Å². The number of nitrogens with one attached hydrogen (secondary N) is 1. The van der Waals surface area contributed by atoms with Gasteiger partial charge < -0.3 is 11.1 Å². The highest BCUT2D eigenvalue weighted by atomic mass is 35.5. The summed E-state index contributed by atoms with van der Waals surface area (Å²) in [5.74, 6) is -0.211. The average molecular weight is 209 g/mol. The van der Waals surface area contributed by atoms with Gasteiger partial charge in [0.25, 0.3) is 0 Å². The highest BCUT2D eigenvalue weighted by Gasteiger charge is 1.93. The number of nitrogens with two attached hydrogens (primary N) is 1. The van der Waals surface area contributed by atoms with Crippen LogP contribution in [0.2, 0.25) is 0 Å². The normalized spacial score (nSPS) is 14.8. The molecule has 80 valence electrons. The summed E-state index contributed by atoms with van der Waals surface area (Å²) in [6.45, 7) is 4.42. The van der Waals surface area contributed by atoms with Gasteiger partial charge in [-0.25, -0.2) is 0 Å². The summed E-state index contributed by atoms with van der Waals surface area (Å²) in [5, 5.41) is 3.28. The van der Waals surface area contributed by atoms with E-state index in [0.29, 0.717) is 6.42 Å². The molecule has 3 nitrogen and oxygen atoms in total. The van der Waals surface area contributed by atoms with Crippen LogP contribution < -0.4 is 11.1 Å². The molecule has 0 spiro atoms. The number of carbonyl (C=O) groups excluding carboxylic acids is 1. The van der Waals surface area contributed by atoms with Gasteiger partial charge in [0.1, 0.15) is 0 Å². The zero-order valence-corrected chi connectivity index (χ0v) is 9.16. The standard InChI is InChI=1S/C5H11N.C4H9NO.ClH/c1-2-4-6-5-3-1;1-2-3-4(5)6;/h6H,1-5H2;2-3H2,1H3,(H2,5,6);1H. The Morgan fingerprint density at radius 2 is 1.85 bits per heavy atom. The second-order valence-electron chi connectivity index (χ2n) is 3.03. The third-order valence-electron chi connectivity index (χ3n) is 1.70. The monoisotopic (exact) mass is 208 g/mol. The Kier molecular flexibility index (Phi) is 13.7. The number of hydrogen-bond donors (Lipinski definition) is 2. The second kappa shape index (κ2) is 11.7. The summed E-state index contributed by atoms with van der Waals surface area (Å²) in [6, 6.07) is 0. The van der Waals surface area contributed by atoms with Crippen molar-refractivity contribution in [1.29, 1.82) is 0 Å². The third kappa shape index (κ3) is 14.6. The predicted octanol–water partition coefficient (Wildman–Crippen LogP) is 1.45. The number of piperidine rings is 1. The van der Waals surface area contributed by atoms with E-state index < -0.39 is 0 Å². The van der Waals surface area contributed by atoms with Crippen molar-refractivity contribution in [2.75, 3.05) is 13.1 Å². The molecule has 0 aromatic rings. The summed E-state index contributed by atoms with van der Waals surface area (Å²) in [6.07, 6.45) is 5.59. The smallest absolute Gasteiger partial charge is 0.217 e. The van der Waals surface area contributed by atoms with Crippen LogP contribution in [0, 0.1) is 0 Å². The minimum atomic E-state index is -0.211. The van der Waals surface area contributed by atoms with Crippen LogP contribution in [-0.4, -0.2) is 19.0 Å². The highest BCUT2D eigenvalue weighted by Crippen LogP contribution is 1.96. The minimum Gasteiger partial charge on any atom is -0.370 e. The first-order valence-electron chi connectivity index (χ1n) is 4.76. The van der Waals surface area contributed by atoms with Gasteiger partial charge in [-0.05, 0) is 32.4 Å². The Bertz CT molecular complexity index is 105. The first-order valence-corrected chi connectivity index (χ1v) is 4.76. The Labute approximate surface area is 86.9 Å². The largest absolute Gasteiger partial charge is 0.370 e. The van der Waals surface area contributed by atoms with Crippen LogP contribution in [0.15, 0.2) is 0 Å². The van der Waals surface area contributed by atoms with Gasteiger partial charge in [-0.15, -0.1) is 12.4 Å². The van der Waals surface area contributed by atoms with Crippen molar-refractivity contribution in [3.8, 4) is 0 Å². The van der Waals surface area contributed by atoms with E-state index >= 15 is 0 Å². The Morgan fingerprint density at radius 1 is 1.31 bits per heavy atom. The van der Waals surface area contributed by atoms with Crippen molar-refractivity contribution < 1.29 is 4.79 Å². The molecule has 1 amide bonds. The zero-order chi connectivity index (χ0) is 9.23. The number of amides is 1. The highest BCUT2D eigenvalue weighted by molar-refractivity contribution is 5.85. The maximum absolute atomic E-state index is 9.82. The van der Waals surface area contributed by atoms with Gasteiger partial charge in [-0.2, -0.15) is 0 Å². The lowest BCUT2D eigenvalue weighted by Crippen LogP contribution is -2.21. The SMILES string of the molecule is C1CCNCC1.CCCC(N)=O.Cl. The van der Waals surface area contributed by atoms with Crippen LogP contribution in [0.5, 0.6) is 0 Å². The number of hydrogen-bond acceptors (Lipinski definition) is 2. The van der Waals surface area contributed by atoms with E-state index in [0.717, 1.165) is 6.42 Å². The van der Waals surface area contributed by atoms with Crippen molar-refractivity contribution in [3.63, 3.8) is 0 Å². The summed E-state index contributed by atoms with van der Waals surface area (Å²) < 4.78 is 0. The quantitative estimate of drug-likeness (QED) is 0.722. The molecule has 0 radical (unpaired) electrons. The second-order valence-corrected chi connectivity index (χ2v) is 3.03. The molecule has 1 aliphatic rings. The first kappa shape index (κ1) is 15.2. The molecule has 1 saturated heterocycles. The zero-order valence-electron chi connectivity index (χ0n) is 8.34. The Hall–Kier alpha value is -0.280. The van der Waals surface area contributed by atoms with Gasteiger partial charge in [-0.3, -0.25) is 4.79 Å². The van der Waals surface area contributed by atoms with E-state index in [-0.39, 0.29) is 18.3 Å². The number of primary amides is 1. The summed E-state index contributed by atoms with van der Waals surface area (Å²) >= 11 is 0. The molecular formula is C9H21ClN2O. The van der Waals surface area contributed by atoms with E-state index in [2.05, 4.69) is 5.32 Å². The van der Waals surface area contributed by atoms with Gasteiger partial charge >= 0.3 is 0 Å². The van der Waals surface area contributed by atoms with Crippen LogP contribution in [-0.2, 0) is 4.79 Å². The van der Waals surface area contributed by atoms with Gasteiger partial charge in [0, 0.05) is 6.42 Å². The molecule has 1 fully saturated rings. The molecule has 1 rings (SSSR count). The predicted molar refractivity (Wildman–Crippen MR) is 58.1 cm³/mol. The molecule has 0 aliphatic carbocycles. The number of halogens is 1. The molecule has 0 atom stereocenters. The summed E-state index contributed by atoms with van der Waals surface area (Å²) in [7, 11) is 0. The Morgan fingerprint density at radius 3 is 1.92 bits per heavy atom. The lowest BCUT2D eigenvalue weighted by atomic mass is 10.2. The van der Waals surface area contributed by atoms with E-state index in [1.165, 1.54) is 32.4 Å². The van der Waals surface area contributed by atoms with Crippen molar-refractivity contribution in [3.05, 3.63) is 0 Å². The molecule has 1 aliphatic heterocycles. The molecule has 0 saturated carbocycles.